The number of rotatable bonds is 2. The van der Waals surface area contributed by atoms with Crippen LogP contribution in [0.15, 0.2) is 40.3 Å². The topological polar surface area (TPSA) is 38.9 Å². The van der Waals surface area contributed by atoms with E-state index in [1.54, 1.807) is 0 Å². The Hall–Kier alpha value is -1.69. The molecular formula is C15H13F3N2S. The van der Waals surface area contributed by atoms with Crippen LogP contribution in [0.2, 0.25) is 0 Å². The fourth-order valence-electron chi connectivity index (χ4n) is 2.43. The van der Waals surface area contributed by atoms with Gasteiger partial charge < -0.3 is 5.73 Å². The van der Waals surface area contributed by atoms with Crippen molar-refractivity contribution < 1.29 is 13.2 Å². The maximum Gasteiger partial charge on any atom is 0.433 e. The molecule has 2 N–H and O–H groups in total. The van der Waals surface area contributed by atoms with E-state index in [-0.39, 0.29) is 5.69 Å². The molecule has 110 valence electrons. The van der Waals surface area contributed by atoms with Gasteiger partial charge in [0, 0.05) is 9.79 Å². The highest BCUT2D eigenvalue weighted by molar-refractivity contribution is 7.99. The van der Waals surface area contributed by atoms with E-state index < -0.39 is 11.9 Å². The summed E-state index contributed by atoms with van der Waals surface area (Å²) in [6.45, 7) is 0. The number of aryl methyl sites for hydroxylation is 2. The van der Waals surface area contributed by atoms with Crippen molar-refractivity contribution in [2.24, 2.45) is 0 Å². The van der Waals surface area contributed by atoms with Crippen LogP contribution in [0.3, 0.4) is 0 Å². The van der Waals surface area contributed by atoms with E-state index in [1.165, 1.54) is 22.9 Å². The standard InChI is InChI=1S/C15H13F3N2S/c16-15(17,18)14-7-13(12(19)8-20-14)21-11-5-4-9-2-1-3-10(9)6-11/h4-8H,1-3,19H2. The Kier molecular flexibility index (Phi) is 3.57. The first-order chi connectivity index (χ1) is 9.93. The Bertz CT molecular complexity index is 683. The molecule has 0 spiro atoms. The number of alkyl halides is 3. The molecule has 1 aromatic heterocycles. The number of nitrogen functional groups attached to an aromatic ring is 1. The van der Waals surface area contributed by atoms with Crippen LogP contribution in [0, 0.1) is 0 Å². The van der Waals surface area contributed by atoms with Gasteiger partial charge in [-0.25, -0.2) is 4.98 Å². The minimum absolute atomic E-state index is 0.258. The number of halogens is 3. The quantitative estimate of drug-likeness (QED) is 0.897. The number of nitrogens with two attached hydrogens (primary N) is 1. The van der Waals surface area contributed by atoms with Gasteiger partial charge >= 0.3 is 6.18 Å². The SMILES string of the molecule is Nc1cnc(C(F)(F)F)cc1Sc1ccc2c(c1)CCC2. The normalized spacial score (nSPS) is 14.2. The third kappa shape index (κ3) is 3.00. The molecule has 1 aromatic carbocycles. The second-order valence-electron chi connectivity index (χ2n) is 4.99. The van der Waals surface area contributed by atoms with E-state index in [0.29, 0.717) is 4.90 Å². The smallest absolute Gasteiger partial charge is 0.397 e. The first-order valence-electron chi connectivity index (χ1n) is 6.56. The van der Waals surface area contributed by atoms with Gasteiger partial charge in [0.25, 0.3) is 0 Å². The third-order valence-corrected chi connectivity index (χ3v) is 4.55. The summed E-state index contributed by atoms with van der Waals surface area (Å²) in [6, 6.07) is 7.03. The minimum Gasteiger partial charge on any atom is -0.397 e. The molecule has 0 fully saturated rings. The van der Waals surface area contributed by atoms with E-state index >= 15 is 0 Å². The summed E-state index contributed by atoms with van der Waals surface area (Å²) in [5.41, 5.74) is 7.70. The maximum absolute atomic E-state index is 12.7. The predicted octanol–water partition coefficient (Wildman–Crippen LogP) is 4.32. The molecule has 0 radical (unpaired) electrons. The molecule has 0 aliphatic heterocycles. The number of nitrogens with zero attached hydrogens (tertiary/aromatic N) is 1. The number of hydrogen-bond acceptors (Lipinski definition) is 3. The fraction of sp³-hybridized carbons (Fsp3) is 0.267. The van der Waals surface area contributed by atoms with E-state index in [9.17, 15) is 13.2 Å². The second-order valence-corrected chi connectivity index (χ2v) is 6.11. The molecule has 21 heavy (non-hydrogen) atoms. The third-order valence-electron chi connectivity index (χ3n) is 3.48. The summed E-state index contributed by atoms with van der Waals surface area (Å²) >= 11 is 1.25. The van der Waals surface area contributed by atoms with Gasteiger partial charge in [-0.15, -0.1) is 0 Å². The predicted molar refractivity (Wildman–Crippen MR) is 76.2 cm³/mol. The van der Waals surface area contributed by atoms with E-state index in [2.05, 4.69) is 4.98 Å². The van der Waals surface area contributed by atoms with Crippen LogP contribution in [-0.4, -0.2) is 4.98 Å². The number of anilines is 1. The lowest BCUT2D eigenvalue weighted by Gasteiger charge is -2.10. The average Bonchev–Trinajstić information content (AvgIpc) is 2.87. The second kappa shape index (κ2) is 5.26. The van der Waals surface area contributed by atoms with Gasteiger partial charge in [0.05, 0.1) is 11.9 Å². The Morgan fingerprint density at radius 3 is 2.62 bits per heavy atom. The van der Waals surface area contributed by atoms with Gasteiger partial charge in [-0.1, -0.05) is 17.8 Å². The highest BCUT2D eigenvalue weighted by atomic mass is 32.2. The van der Waals surface area contributed by atoms with Crippen LogP contribution in [0.1, 0.15) is 23.2 Å². The van der Waals surface area contributed by atoms with Gasteiger partial charge in [0.2, 0.25) is 0 Å². The van der Waals surface area contributed by atoms with Crippen molar-refractivity contribution in [1.82, 2.24) is 4.98 Å². The summed E-state index contributed by atoms with van der Waals surface area (Å²) in [6.07, 6.45) is -0.141. The van der Waals surface area contributed by atoms with Gasteiger partial charge in [-0.2, -0.15) is 13.2 Å². The summed E-state index contributed by atoms with van der Waals surface area (Å²) in [4.78, 5) is 4.64. The first kappa shape index (κ1) is 14.3. The lowest BCUT2D eigenvalue weighted by atomic mass is 10.1. The van der Waals surface area contributed by atoms with E-state index in [1.807, 2.05) is 18.2 Å². The fourth-order valence-corrected chi connectivity index (χ4v) is 3.36. The lowest BCUT2D eigenvalue weighted by molar-refractivity contribution is -0.141. The molecule has 1 aliphatic rings. The Morgan fingerprint density at radius 2 is 1.86 bits per heavy atom. The summed E-state index contributed by atoms with van der Waals surface area (Å²) in [5, 5.41) is 0. The van der Waals surface area contributed by atoms with Crippen molar-refractivity contribution in [3.05, 3.63) is 47.3 Å². The zero-order valence-electron chi connectivity index (χ0n) is 11.1. The van der Waals surface area contributed by atoms with Gasteiger partial charge in [-0.05, 0) is 48.6 Å². The largest absolute Gasteiger partial charge is 0.433 e. The zero-order valence-corrected chi connectivity index (χ0v) is 11.9. The van der Waals surface area contributed by atoms with E-state index in [0.717, 1.165) is 36.4 Å². The molecule has 6 heteroatoms. The zero-order chi connectivity index (χ0) is 15.0. The van der Waals surface area contributed by atoms with Crippen molar-refractivity contribution >= 4 is 17.4 Å². The number of pyridine rings is 1. The van der Waals surface area contributed by atoms with Crippen LogP contribution in [0.4, 0.5) is 18.9 Å². The van der Waals surface area contributed by atoms with Crippen molar-refractivity contribution in [2.75, 3.05) is 5.73 Å². The maximum atomic E-state index is 12.7. The van der Waals surface area contributed by atoms with Gasteiger partial charge in [0.15, 0.2) is 0 Å². The monoisotopic (exact) mass is 310 g/mol. The molecule has 0 amide bonds. The lowest BCUT2D eigenvalue weighted by Crippen LogP contribution is -2.08. The van der Waals surface area contributed by atoms with Crippen LogP contribution >= 0.6 is 11.8 Å². The number of fused-ring (bicyclic) bond motifs is 1. The highest BCUT2D eigenvalue weighted by Crippen LogP contribution is 2.37. The molecule has 2 nitrogen and oxygen atoms in total. The summed E-state index contributed by atoms with van der Waals surface area (Å²) < 4.78 is 38.1. The Labute approximate surface area is 124 Å². The highest BCUT2D eigenvalue weighted by Gasteiger charge is 2.33. The van der Waals surface area contributed by atoms with Crippen molar-refractivity contribution in [3.8, 4) is 0 Å². The number of hydrogen-bond donors (Lipinski definition) is 1. The van der Waals surface area contributed by atoms with Crippen LogP contribution in [0.25, 0.3) is 0 Å². The first-order valence-corrected chi connectivity index (χ1v) is 7.37. The van der Waals surface area contributed by atoms with Crippen molar-refractivity contribution in [3.63, 3.8) is 0 Å². The molecule has 1 heterocycles. The Balaban J connectivity index is 1.91. The molecule has 3 rings (SSSR count). The van der Waals surface area contributed by atoms with Crippen molar-refractivity contribution in [2.45, 2.75) is 35.2 Å². The van der Waals surface area contributed by atoms with Gasteiger partial charge in [0.1, 0.15) is 5.69 Å². The molecule has 0 saturated heterocycles. The summed E-state index contributed by atoms with van der Waals surface area (Å²) in [5.74, 6) is 0. The molecule has 0 unspecified atom stereocenters. The average molecular weight is 310 g/mol. The van der Waals surface area contributed by atoms with Crippen molar-refractivity contribution in [1.29, 1.82) is 0 Å². The molecule has 0 saturated carbocycles. The van der Waals surface area contributed by atoms with Crippen LogP contribution < -0.4 is 5.73 Å². The molecule has 0 bridgehead atoms. The molecule has 2 aromatic rings. The van der Waals surface area contributed by atoms with Crippen LogP contribution in [-0.2, 0) is 19.0 Å². The molecular weight excluding hydrogens is 297 g/mol. The van der Waals surface area contributed by atoms with Gasteiger partial charge in [-0.3, -0.25) is 0 Å². The minimum atomic E-state index is -4.46. The molecule has 0 atom stereocenters. The number of benzene rings is 1. The Morgan fingerprint density at radius 1 is 1.10 bits per heavy atom. The summed E-state index contributed by atoms with van der Waals surface area (Å²) in [7, 11) is 0. The number of aromatic nitrogens is 1. The molecule has 1 aliphatic carbocycles. The van der Waals surface area contributed by atoms with Crippen LogP contribution in [0.5, 0.6) is 0 Å². The van der Waals surface area contributed by atoms with E-state index in [4.69, 9.17) is 5.73 Å².